The maximum Gasteiger partial charge on any atom is 0.387 e. The molecule has 0 fully saturated rings. The standard InChI is InChI=1S/C14H9ClF2O2S/c15-13-8-7-12(20-13)11(18)6-3-9-1-4-10(5-2-9)19-14(16)17/h1-8,14H/b6-3+. The molecule has 1 aromatic carbocycles. The number of ether oxygens (including phenoxy) is 1. The Balaban J connectivity index is 2.02. The van der Waals surface area contributed by atoms with E-state index in [2.05, 4.69) is 4.74 Å². The first kappa shape index (κ1) is 14.7. The fraction of sp³-hybridized carbons (Fsp3) is 0.0714. The predicted molar refractivity (Wildman–Crippen MR) is 75.8 cm³/mol. The Hall–Kier alpha value is -1.72. The molecule has 0 radical (unpaired) electrons. The van der Waals surface area contributed by atoms with Crippen LogP contribution in [0.4, 0.5) is 8.78 Å². The molecule has 0 amide bonds. The van der Waals surface area contributed by atoms with Gasteiger partial charge in [-0.3, -0.25) is 4.79 Å². The molecule has 1 aromatic heterocycles. The number of hydrogen-bond donors (Lipinski definition) is 0. The molecule has 0 unspecified atom stereocenters. The minimum atomic E-state index is -2.85. The van der Waals surface area contributed by atoms with Gasteiger partial charge in [0.2, 0.25) is 0 Å². The van der Waals surface area contributed by atoms with Gasteiger partial charge in [-0.15, -0.1) is 11.3 Å². The number of ketones is 1. The van der Waals surface area contributed by atoms with Crippen molar-refractivity contribution in [3.8, 4) is 5.75 Å². The summed E-state index contributed by atoms with van der Waals surface area (Å²) < 4.78 is 28.7. The molecule has 0 spiro atoms. The molecular formula is C14H9ClF2O2S. The summed E-state index contributed by atoms with van der Waals surface area (Å²) in [6.07, 6.45) is 3.01. The number of thiophene rings is 1. The summed E-state index contributed by atoms with van der Waals surface area (Å²) in [6.45, 7) is -2.85. The zero-order valence-corrected chi connectivity index (χ0v) is 11.6. The first-order chi connectivity index (χ1) is 9.54. The normalized spacial score (nSPS) is 11.2. The van der Waals surface area contributed by atoms with Gasteiger partial charge < -0.3 is 4.74 Å². The van der Waals surface area contributed by atoms with Crippen molar-refractivity contribution >= 4 is 34.8 Å². The van der Waals surface area contributed by atoms with E-state index in [9.17, 15) is 13.6 Å². The molecule has 0 bridgehead atoms. The van der Waals surface area contributed by atoms with E-state index >= 15 is 0 Å². The molecular weight excluding hydrogens is 306 g/mol. The summed E-state index contributed by atoms with van der Waals surface area (Å²) in [5.74, 6) is -0.0803. The van der Waals surface area contributed by atoms with Crippen LogP contribution in [0.1, 0.15) is 15.2 Å². The molecule has 0 saturated carbocycles. The number of hydrogen-bond acceptors (Lipinski definition) is 3. The van der Waals surface area contributed by atoms with Crippen molar-refractivity contribution in [2.24, 2.45) is 0 Å². The minimum absolute atomic E-state index is 0.0773. The van der Waals surface area contributed by atoms with Crippen LogP contribution in [0, 0.1) is 0 Å². The Labute approximate surface area is 123 Å². The van der Waals surface area contributed by atoms with E-state index in [4.69, 9.17) is 11.6 Å². The molecule has 0 saturated heterocycles. The van der Waals surface area contributed by atoms with Crippen molar-refractivity contribution in [3.05, 3.63) is 57.3 Å². The Morgan fingerprint density at radius 1 is 1.20 bits per heavy atom. The highest BCUT2D eigenvalue weighted by Crippen LogP contribution is 2.22. The summed E-state index contributed by atoms with van der Waals surface area (Å²) in [4.78, 5) is 12.3. The van der Waals surface area contributed by atoms with E-state index < -0.39 is 6.61 Å². The smallest absolute Gasteiger partial charge is 0.387 e. The highest BCUT2D eigenvalue weighted by Gasteiger charge is 2.05. The quantitative estimate of drug-likeness (QED) is 0.579. The van der Waals surface area contributed by atoms with E-state index in [0.29, 0.717) is 14.8 Å². The molecule has 20 heavy (non-hydrogen) atoms. The van der Waals surface area contributed by atoms with Gasteiger partial charge in [0.15, 0.2) is 5.78 Å². The average Bonchev–Trinajstić information content (AvgIpc) is 2.84. The van der Waals surface area contributed by atoms with Gasteiger partial charge in [0, 0.05) is 0 Å². The molecule has 104 valence electrons. The highest BCUT2D eigenvalue weighted by molar-refractivity contribution is 7.18. The van der Waals surface area contributed by atoms with Crippen molar-refractivity contribution in [1.82, 2.24) is 0 Å². The first-order valence-corrected chi connectivity index (χ1v) is 6.76. The minimum Gasteiger partial charge on any atom is -0.435 e. The van der Waals surface area contributed by atoms with Crippen molar-refractivity contribution in [3.63, 3.8) is 0 Å². The number of rotatable bonds is 5. The number of carbonyl (C=O) groups is 1. The first-order valence-electron chi connectivity index (χ1n) is 5.57. The Bertz CT molecular complexity index is 620. The summed E-state index contributed by atoms with van der Waals surface area (Å²) in [5.41, 5.74) is 0.711. The summed E-state index contributed by atoms with van der Waals surface area (Å²) in [6, 6.07) is 9.31. The largest absolute Gasteiger partial charge is 0.435 e. The summed E-state index contributed by atoms with van der Waals surface area (Å²) in [7, 11) is 0. The number of alkyl halides is 2. The lowest BCUT2D eigenvalue weighted by atomic mass is 10.2. The number of allylic oxidation sites excluding steroid dienone is 1. The van der Waals surface area contributed by atoms with Crippen LogP contribution < -0.4 is 4.74 Å². The molecule has 0 atom stereocenters. The third kappa shape index (κ3) is 4.15. The SMILES string of the molecule is O=C(/C=C/c1ccc(OC(F)F)cc1)c1ccc(Cl)s1. The van der Waals surface area contributed by atoms with Gasteiger partial charge in [-0.1, -0.05) is 29.8 Å². The second-order valence-corrected chi connectivity index (χ2v) is 5.46. The number of halogens is 3. The lowest BCUT2D eigenvalue weighted by molar-refractivity contribution is -0.0498. The van der Waals surface area contributed by atoms with E-state index in [1.807, 2.05) is 0 Å². The Morgan fingerprint density at radius 2 is 1.90 bits per heavy atom. The van der Waals surface area contributed by atoms with Gasteiger partial charge in [-0.2, -0.15) is 8.78 Å². The molecule has 2 nitrogen and oxygen atoms in total. The van der Waals surface area contributed by atoms with Gasteiger partial charge in [-0.25, -0.2) is 0 Å². The highest BCUT2D eigenvalue weighted by atomic mass is 35.5. The summed E-state index contributed by atoms with van der Waals surface area (Å²) >= 11 is 6.95. The second kappa shape index (κ2) is 6.63. The maximum atomic E-state index is 12.0. The monoisotopic (exact) mass is 314 g/mol. The van der Waals surface area contributed by atoms with Crippen molar-refractivity contribution in [2.75, 3.05) is 0 Å². The maximum absolute atomic E-state index is 12.0. The van der Waals surface area contributed by atoms with Crippen molar-refractivity contribution in [1.29, 1.82) is 0 Å². The van der Waals surface area contributed by atoms with Crippen molar-refractivity contribution < 1.29 is 18.3 Å². The molecule has 2 rings (SSSR count). The number of benzene rings is 1. The Kier molecular flexibility index (Phi) is 4.87. The number of carbonyl (C=O) groups excluding carboxylic acids is 1. The van der Waals surface area contributed by atoms with Crippen LogP contribution in [0.2, 0.25) is 4.34 Å². The van der Waals surface area contributed by atoms with E-state index in [1.165, 1.54) is 29.5 Å². The van der Waals surface area contributed by atoms with Gasteiger partial charge in [0.05, 0.1) is 9.21 Å². The van der Waals surface area contributed by atoms with Gasteiger partial charge in [-0.05, 0) is 35.9 Å². The van der Waals surface area contributed by atoms with Crippen LogP contribution in [0.25, 0.3) is 6.08 Å². The predicted octanol–water partition coefficient (Wildman–Crippen LogP) is 4.90. The summed E-state index contributed by atoms with van der Waals surface area (Å²) in [5, 5.41) is 0. The van der Waals surface area contributed by atoms with Gasteiger partial charge in [0.25, 0.3) is 0 Å². The van der Waals surface area contributed by atoms with Gasteiger partial charge >= 0.3 is 6.61 Å². The fourth-order valence-electron chi connectivity index (χ4n) is 1.46. The van der Waals surface area contributed by atoms with Crippen LogP contribution in [0.3, 0.4) is 0 Å². The molecule has 0 aliphatic heterocycles. The third-order valence-electron chi connectivity index (χ3n) is 2.35. The fourth-order valence-corrected chi connectivity index (χ4v) is 2.42. The van der Waals surface area contributed by atoms with E-state index in [1.54, 1.807) is 30.3 Å². The average molecular weight is 315 g/mol. The van der Waals surface area contributed by atoms with E-state index in [0.717, 1.165) is 0 Å². The topological polar surface area (TPSA) is 26.3 Å². The lowest BCUT2D eigenvalue weighted by Gasteiger charge is -2.03. The zero-order valence-electron chi connectivity index (χ0n) is 10.1. The van der Waals surface area contributed by atoms with Crippen LogP contribution >= 0.6 is 22.9 Å². The van der Waals surface area contributed by atoms with Crippen LogP contribution in [-0.4, -0.2) is 12.4 Å². The molecule has 0 N–H and O–H groups in total. The molecule has 1 heterocycles. The third-order valence-corrected chi connectivity index (χ3v) is 3.59. The van der Waals surface area contributed by atoms with Crippen molar-refractivity contribution in [2.45, 2.75) is 6.61 Å². The molecule has 2 aromatic rings. The van der Waals surface area contributed by atoms with Crippen LogP contribution in [0.15, 0.2) is 42.5 Å². The van der Waals surface area contributed by atoms with E-state index in [-0.39, 0.29) is 11.5 Å². The lowest BCUT2D eigenvalue weighted by Crippen LogP contribution is -2.01. The zero-order chi connectivity index (χ0) is 14.5. The van der Waals surface area contributed by atoms with Crippen LogP contribution in [-0.2, 0) is 0 Å². The Morgan fingerprint density at radius 3 is 2.45 bits per heavy atom. The second-order valence-electron chi connectivity index (χ2n) is 3.75. The molecule has 0 aliphatic carbocycles. The van der Waals surface area contributed by atoms with Gasteiger partial charge in [0.1, 0.15) is 5.75 Å². The van der Waals surface area contributed by atoms with Crippen LogP contribution in [0.5, 0.6) is 5.75 Å². The molecule has 0 aliphatic rings. The molecule has 6 heteroatoms.